The Morgan fingerprint density at radius 2 is 1.72 bits per heavy atom. The summed E-state index contributed by atoms with van der Waals surface area (Å²) in [5, 5.41) is 2.47. The van der Waals surface area contributed by atoms with Crippen molar-refractivity contribution in [3.63, 3.8) is 0 Å². The van der Waals surface area contributed by atoms with Gasteiger partial charge in [-0.25, -0.2) is 4.39 Å². The van der Waals surface area contributed by atoms with Crippen LogP contribution in [0.4, 0.5) is 10.1 Å². The Labute approximate surface area is 102 Å². The van der Waals surface area contributed by atoms with Crippen LogP contribution in [0.2, 0.25) is 0 Å². The molecule has 3 amide bonds. The molecule has 1 aliphatic rings. The van der Waals surface area contributed by atoms with Crippen LogP contribution in [0.15, 0.2) is 24.3 Å². The Morgan fingerprint density at radius 1 is 1.17 bits per heavy atom. The van der Waals surface area contributed by atoms with Crippen LogP contribution >= 0.6 is 0 Å². The highest BCUT2D eigenvalue weighted by molar-refractivity contribution is 6.08. The Hall–Kier alpha value is -2.44. The number of nitrogens with one attached hydrogen (secondary N) is 3. The summed E-state index contributed by atoms with van der Waals surface area (Å²) < 4.78 is 12.6. The summed E-state index contributed by atoms with van der Waals surface area (Å²) in [4.78, 5) is 34.0. The lowest BCUT2D eigenvalue weighted by molar-refractivity contribution is -0.131. The van der Waals surface area contributed by atoms with E-state index in [0.29, 0.717) is 5.69 Å². The summed E-state index contributed by atoms with van der Waals surface area (Å²) in [6.45, 7) is 0. The molecule has 0 aromatic heterocycles. The first-order chi connectivity index (χ1) is 8.56. The van der Waals surface area contributed by atoms with Gasteiger partial charge in [0.15, 0.2) is 0 Å². The van der Waals surface area contributed by atoms with Gasteiger partial charge in [-0.3, -0.25) is 25.2 Å². The highest BCUT2D eigenvalue weighted by Crippen LogP contribution is 2.12. The fraction of sp³-hybridized carbons (Fsp3) is 0.182. The van der Waals surface area contributed by atoms with Crippen molar-refractivity contribution in [1.82, 2.24) is 10.9 Å². The van der Waals surface area contributed by atoms with Gasteiger partial charge in [0, 0.05) is 12.1 Å². The SMILES string of the molecule is O=C(CC1C(=O)NNC1=O)Nc1ccc(F)cc1. The number of amides is 3. The molecule has 1 saturated heterocycles. The van der Waals surface area contributed by atoms with Gasteiger partial charge in [-0.2, -0.15) is 0 Å². The van der Waals surface area contributed by atoms with Crippen LogP contribution in [-0.4, -0.2) is 17.7 Å². The zero-order chi connectivity index (χ0) is 13.1. The minimum atomic E-state index is -1.02. The molecule has 18 heavy (non-hydrogen) atoms. The average molecular weight is 251 g/mol. The first-order valence-corrected chi connectivity index (χ1v) is 5.21. The molecule has 0 saturated carbocycles. The lowest BCUT2D eigenvalue weighted by Crippen LogP contribution is -2.28. The standard InChI is InChI=1S/C11H10FN3O3/c12-6-1-3-7(4-2-6)13-9(16)5-8-10(17)14-15-11(8)18/h1-4,8H,5H2,(H,13,16)(H,14,17)(H,15,18). The van der Waals surface area contributed by atoms with Crippen molar-refractivity contribution in [2.75, 3.05) is 5.32 Å². The van der Waals surface area contributed by atoms with E-state index < -0.39 is 29.5 Å². The molecule has 94 valence electrons. The van der Waals surface area contributed by atoms with Gasteiger partial charge in [-0.15, -0.1) is 0 Å². The molecule has 2 rings (SSSR count). The topological polar surface area (TPSA) is 87.3 Å². The van der Waals surface area contributed by atoms with E-state index in [-0.39, 0.29) is 6.42 Å². The van der Waals surface area contributed by atoms with Crippen LogP contribution in [0.1, 0.15) is 6.42 Å². The van der Waals surface area contributed by atoms with Gasteiger partial charge in [0.25, 0.3) is 11.8 Å². The van der Waals surface area contributed by atoms with E-state index >= 15 is 0 Å². The van der Waals surface area contributed by atoms with Crippen LogP contribution in [0, 0.1) is 11.7 Å². The maximum atomic E-state index is 12.6. The smallest absolute Gasteiger partial charge is 0.251 e. The molecule has 0 radical (unpaired) electrons. The zero-order valence-corrected chi connectivity index (χ0v) is 9.20. The fourth-order valence-electron chi connectivity index (χ4n) is 1.53. The van der Waals surface area contributed by atoms with Crippen LogP contribution in [0.3, 0.4) is 0 Å². The molecule has 6 nitrogen and oxygen atoms in total. The molecule has 1 fully saturated rings. The van der Waals surface area contributed by atoms with Gasteiger partial charge in [-0.1, -0.05) is 0 Å². The minimum Gasteiger partial charge on any atom is -0.326 e. The van der Waals surface area contributed by atoms with Crippen molar-refractivity contribution < 1.29 is 18.8 Å². The third-order valence-electron chi connectivity index (χ3n) is 2.46. The highest BCUT2D eigenvalue weighted by Gasteiger charge is 2.34. The number of halogens is 1. The van der Waals surface area contributed by atoms with Gasteiger partial charge >= 0.3 is 0 Å². The number of rotatable bonds is 3. The monoisotopic (exact) mass is 251 g/mol. The van der Waals surface area contributed by atoms with Crippen molar-refractivity contribution in [3.05, 3.63) is 30.1 Å². The number of benzene rings is 1. The average Bonchev–Trinajstić information content (AvgIpc) is 2.64. The summed E-state index contributed by atoms with van der Waals surface area (Å²) >= 11 is 0. The van der Waals surface area contributed by atoms with E-state index in [9.17, 15) is 18.8 Å². The molecule has 0 atom stereocenters. The van der Waals surface area contributed by atoms with Gasteiger partial charge < -0.3 is 5.32 Å². The summed E-state index contributed by atoms with van der Waals surface area (Å²) in [6.07, 6.45) is -0.255. The highest BCUT2D eigenvalue weighted by atomic mass is 19.1. The van der Waals surface area contributed by atoms with E-state index in [1.807, 2.05) is 0 Å². The molecule has 1 aromatic carbocycles. The second-order valence-electron chi connectivity index (χ2n) is 3.79. The Balaban J connectivity index is 1.94. The summed E-state index contributed by atoms with van der Waals surface area (Å²) in [7, 11) is 0. The zero-order valence-electron chi connectivity index (χ0n) is 9.20. The molecule has 0 spiro atoms. The lowest BCUT2D eigenvalue weighted by Gasteiger charge is -2.06. The molecule has 1 aliphatic heterocycles. The number of anilines is 1. The predicted octanol–water partition coefficient (Wildman–Crippen LogP) is -0.0685. The third kappa shape index (κ3) is 2.62. The van der Waals surface area contributed by atoms with E-state index in [2.05, 4.69) is 16.2 Å². The van der Waals surface area contributed by atoms with Gasteiger partial charge in [0.05, 0.1) is 0 Å². The Bertz CT molecular complexity index is 485. The second-order valence-corrected chi connectivity index (χ2v) is 3.79. The molecule has 1 aromatic rings. The van der Waals surface area contributed by atoms with Crippen LogP contribution < -0.4 is 16.2 Å². The molecule has 0 aliphatic carbocycles. The van der Waals surface area contributed by atoms with Crippen molar-refractivity contribution in [2.45, 2.75) is 6.42 Å². The normalized spacial score (nSPS) is 15.2. The lowest BCUT2D eigenvalue weighted by atomic mass is 10.1. The number of carbonyl (C=O) groups is 3. The van der Waals surface area contributed by atoms with Gasteiger partial charge in [-0.05, 0) is 24.3 Å². The van der Waals surface area contributed by atoms with E-state index in [1.165, 1.54) is 24.3 Å². The molecule has 7 heteroatoms. The molecular weight excluding hydrogens is 241 g/mol. The number of carbonyl (C=O) groups excluding carboxylic acids is 3. The van der Waals surface area contributed by atoms with Crippen LogP contribution in [0.25, 0.3) is 0 Å². The third-order valence-corrected chi connectivity index (χ3v) is 2.46. The fourth-order valence-corrected chi connectivity index (χ4v) is 1.53. The van der Waals surface area contributed by atoms with Crippen molar-refractivity contribution in [2.24, 2.45) is 5.92 Å². The summed E-state index contributed by atoms with van der Waals surface area (Å²) in [6, 6.07) is 5.18. The second kappa shape index (κ2) is 4.82. The molecule has 0 unspecified atom stereocenters. The molecule has 3 N–H and O–H groups in total. The van der Waals surface area contributed by atoms with E-state index in [0.717, 1.165) is 0 Å². The Kier molecular flexibility index (Phi) is 3.22. The maximum absolute atomic E-state index is 12.6. The molecule has 1 heterocycles. The van der Waals surface area contributed by atoms with E-state index in [4.69, 9.17) is 0 Å². The number of hydrazine groups is 1. The number of hydrogen-bond donors (Lipinski definition) is 3. The first kappa shape index (κ1) is 12.0. The molecule has 0 bridgehead atoms. The minimum absolute atomic E-state index is 0.255. The van der Waals surface area contributed by atoms with Crippen LogP contribution in [0.5, 0.6) is 0 Å². The first-order valence-electron chi connectivity index (χ1n) is 5.21. The summed E-state index contributed by atoms with van der Waals surface area (Å²) in [5.41, 5.74) is 4.66. The van der Waals surface area contributed by atoms with Gasteiger partial charge in [0.2, 0.25) is 5.91 Å². The summed E-state index contributed by atoms with van der Waals surface area (Å²) in [5.74, 6) is -2.99. The van der Waals surface area contributed by atoms with Gasteiger partial charge in [0.1, 0.15) is 11.7 Å². The molecular formula is C11H10FN3O3. The maximum Gasteiger partial charge on any atom is 0.251 e. The van der Waals surface area contributed by atoms with E-state index in [1.54, 1.807) is 0 Å². The van der Waals surface area contributed by atoms with Crippen molar-refractivity contribution >= 4 is 23.4 Å². The number of hydrogen-bond acceptors (Lipinski definition) is 3. The Morgan fingerprint density at radius 3 is 2.28 bits per heavy atom. The van der Waals surface area contributed by atoms with Crippen molar-refractivity contribution in [3.8, 4) is 0 Å². The predicted molar refractivity (Wildman–Crippen MR) is 59.4 cm³/mol. The van der Waals surface area contributed by atoms with Crippen molar-refractivity contribution in [1.29, 1.82) is 0 Å². The quantitative estimate of drug-likeness (QED) is 0.657. The van der Waals surface area contributed by atoms with Crippen LogP contribution in [-0.2, 0) is 14.4 Å². The largest absolute Gasteiger partial charge is 0.326 e.